The highest BCUT2D eigenvalue weighted by molar-refractivity contribution is 14.0. The van der Waals surface area contributed by atoms with E-state index in [1.54, 1.807) is 11.3 Å². The van der Waals surface area contributed by atoms with E-state index in [4.69, 9.17) is 4.99 Å². The standard InChI is InChI=1S/C19H35N5S.HI/c1-6-20-19(22-15(4)14(2)3)21-11-17-7-9-24(10-8-17)12-18-13-25-16(5)23-18;/h13-15,17H,6-12H2,1-5H3,(H2,20,21,22);1H. The van der Waals surface area contributed by atoms with Crippen LogP contribution in [0.4, 0.5) is 0 Å². The first-order valence-corrected chi connectivity index (χ1v) is 10.5. The number of guanidine groups is 1. The zero-order chi connectivity index (χ0) is 18.2. The molecule has 2 rings (SSSR count). The van der Waals surface area contributed by atoms with Gasteiger partial charge in [0.25, 0.3) is 0 Å². The summed E-state index contributed by atoms with van der Waals surface area (Å²) in [5.74, 6) is 2.25. The van der Waals surface area contributed by atoms with Gasteiger partial charge in [0.2, 0.25) is 0 Å². The van der Waals surface area contributed by atoms with E-state index in [0.29, 0.717) is 17.9 Å². The lowest BCUT2D eigenvalue weighted by Gasteiger charge is -2.31. The summed E-state index contributed by atoms with van der Waals surface area (Å²) in [5, 5.41) is 10.3. The summed E-state index contributed by atoms with van der Waals surface area (Å²) >= 11 is 1.75. The number of nitrogens with zero attached hydrogens (tertiary/aromatic N) is 3. The quantitative estimate of drug-likeness (QED) is 0.344. The minimum atomic E-state index is 0. The summed E-state index contributed by atoms with van der Waals surface area (Å²) in [5.41, 5.74) is 1.22. The van der Waals surface area contributed by atoms with Crippen LogP contribution in [0.2, 0.25) is 0 Å². The van der Waals surface area contributed by atoms with Crippen LogP contribution in [-0.2, 0) is 6.54 Å². The van der Waals surface area contributed by atoms with E-state index in [1.165, 1.54) is 23.5 Å². The lowest BCUT2D eigenvalue weighted by Crippen LogP contribution is -2.44. The molecule has 2 heterocycles. The molecule has 2 N–H and O–H groups in total. The maximum Gasteiger partial charge on any atom is 0.191 e. The molecule has 1 saturated heterocycles. The summed E-state index contributed by atoms with van der Waals surface area (Å²) in [6.07, 6.45) is 2.46. The molecular weight excluding hydrogens is 457 g/mol. The van der Waals surface area contributed by atoms with Gasteiger partial charge in [0.05, 0.1) is 10.7 Å². The summed E-state index contributed by atoms with van der Waals surface area (Å²) in [6, 6.07) is 0.432. The van der Waals surface area contributed by atoms with Gasteiger partial charge in [-0.3, -0.25) is 9.89 Å². The number of rotatable bonds is 7. The molecule has 0 bridgehead atoms. The number of hydrogen-bond donors (Lipinski definition) is 2. The number of hydrogen-bond acceptors (Lipinski definition) is 4. The van der Waals surface area contributed by atoms with Gasteiger partial charge in [-0.1, -0.05) is 13.8 Å². The van der Waals surface area contributed by atoms with Crippen molar-refractivity contribution in [3.05, 3.63) is 16.1 Å². The molecule has 1 unspecified atom stereocenters. The molecule has 1 fully saturated rings. The van der Waals surface area contributed by atoms with Crippen molar-refractivity contribution in [2.75, 3.05) is 26.2 Å². The molecule has 1 aromatic heterocycles. The first-order chi connectivity index (χ1) is 12.0. The van der Waals surface area contributed by atoms with E-state index >= 15 is 0 Å². The van der Waals surface area contributed by atoms with Crippen LogP contribution in [-0.4, -0.2) is 48.1 Å². The topological polar surface area (TPSA) is 52.6 Å². The van der Waals surface area contributed by atoms with E-state index in [9.17, 15) is 0 Å². The second-order valence-electron chi connectivity index (χ2n) is 7.47. The van der Waals surface area contributed by atoms with Gasteiger partial charge in [-0.15, -0.1) is 35.3 Å². The first kappa shape index (κ1) is 23.6. The van der Waals surface area contributed by atoms with Crippen LogP contribution < -0.4 is 10.6 Å². The van der Waals surface area contributed by atoms with Crippen LogP contribution >= 0.6 is 35.3 Å². The third-order valence-electron chi connectivity index (χ3n) is 4.98. The molecule has 1 aromatic rings. The second kappa shape index (κ2) is 12.1. The highest BCUT2D eigenvalue weighted by Crippen LogP contribution is 2.20. The third kappa shape index (κ3) is 8.08. The molecule has 1 aliphatic rings. The fraction of sp³-hybridized carbons (Fsp3) is 0.789. The molecule has 0 aromatic carbocycles. The molecule has 0 aliphatic carbocycles. The van der Waals surface area contributed by atoms with Crippen molar-refractivity contribution < 1.29 is 0 Å². The molecule has 0 saturated carbocycles. The van der Waals surface area contributed by atoms with E-state index in [1.807, 2.05) is 0 Å². The number of halogens is 1. The number of aliphatic imine (C=N–C) groups is 1. The van der Waals surface area contributed by atoms with Crippen molar-refractivity contribution in [1.82, 2.24) is 20.5 Å². The number of thiazole rings is 1. The van der Waals surface area contributed by atoms with Crippen molar-refractivity contribution in [2.45, 2.75) is 60.0 Å². The molecule has 1 aliphatic heterocycles. The molecule has 1 atom stereocenters. The Morgan fingerprint density at radius 3 is 2.58 bits per heavy atom. The highest BCUT2D eigenvalue weighted by atomic mass is 127. The van der Waals surface area contributed by atoms with Crippen LogP contribution in [0.15, 0.2) is 10.4 Å². The van der Waals surface area contributed by atoms with Gasteiger partial charge in [0, 0.05) is 31.1 Å². The largest absolute Gasteiger partial charge is 0.357 e. The zero-order valence-electron chi connectivity index (χ0n) is 16.9. The molecule has 0 spiro atoms. The highest BCUT2D eigenvalue weighted by Gasteiger charge is 2.20. The van der Waals surface area contributed by atoms with Crippen LogP contribution in [0, 0.1) is 18.8 Å². The lowest BCUT2D eigenvalue weighted by molar-refractivity contribution is 0.179. The molecule has 0 amide bonds. The Morgan fingerprint density at radius 2 is 2.04 bits per heavy atom. The van der Waals surface area contributed by atoms with Gasteiger partial charge in [-0.05, 0) is 58.5 Å². The van der Waals surface area contributed by atoms with E-state index in [-0.39, 0.29) is 24.0 Å². The monoisotopic (exact) mass is 493 g/mol. The fourth-order valence-electron chi connectivity index (χ4n) is 2.96. The van der Waals surface area contributed by atoms with Crippen LogP contribution in [0.3, 0.4) is 0 Å². The predicted octanol–water partition coefficient (Wildman–Crippen LogP) is 3.88. The minimum absolute atomic E-state index is 0. The number of piperidine rings is 1. The number of aromatic nitrogens is 1. The molecule has 5 nitrogen and oxygen atoms in total. The normalized spacial score (nSPS) is 17.8. The van der Waals surface area contributed by atoms with Crippen LogP contribution in [0.25, 0.3) is 0 Å². The number of nitrogens with one attached hydrogen (secondary N) is 2. The number of likely N-dealkylation sites (tertiary alicyclic amines) is 1. The van der Waals surface area contributed by atoms with Crippen LogP contribution in [0.5, 0.6) is 0 Å². The Morgan fingerprint density at radius 1 is 1.35 bits per heavy atom. The summed E-state index contributed by atoms with van der Waals surface area (Å²) in [4.78, 5) is 11.9. The van der Waals surface area contributed by atoms with E-state index in [0.717, 1.165) is 38.7 Å². The average Bonchev–Trinajstić information content (AvgIpc) is 2.99. The Hall–Kier alpha value is -0.410. The zero-order valence-corrected chi connectivity index (χ0v) is 20.1. The molecular formula is C19H36IN5S. The maximum atomic E-state index is 4.84. The summed E-state index contributed by atoms with van der Waals surface area (Å²) in [7, 11) is 0. The van der Waals surface area contributed by atoms with Crippen molar-refractivity contribution >= 4 is 41.3 Å². The Bertz CT molecular complexity index is 538. The van der Waals surface area contributed by atoms with Crippen molar-refractivity contribution in [3.63, 3.8) is 0 Å². The Kier molecular flexibility index (Phi) is 11.0. The van der Waals surface area contributed by atoms with Gasteiger partial charge >= 0.3 is 0 Å². The van der Waals surface area contributed by atoms with Gasteiger partial charge in [-0.2, -0.15) is 0 Å². The second-order valence-corrected chi connectivity index (χ2v) is 8.54. The molecule has 150 valence electrons. The maximum absolute atomic E-state index is 4.84. The van der Waals surface area contributed by atoms with Crippen LogP contribution in [0.1, 0.15) is 51.2 Å². The van der Waals surface area contributed by atoms with E-state index < -0.39 is 0 Å². The van der Waals surface area contributed by atoms with Gasteiger partial charge in [-0.25, -0.2) is 4.98 Å². The van der Waals surface area contributed by atoms with Gasteiger partial charge in [0.15, 0.2) is 5.96 Å². The lowest BCUT2D eigenvalue weighted by atomic mass is 9.97. The molecule has 7 heteroatoms. The van der Waals surface area contributed by atoms with Gasteiger partial charge < -0.3 is 10.6 Å². The predicted molar refractivity (Wildman–Crippen MR) is 124 cm³/mol. The van der Waals surface area contributed by atoms with Crippen molar-refractivity contribution in [1.29, 1.82) is 0 Å². The SMILES string of the molecule is CCNC(=NCC1CCN(Cc2csc(C)n2)CC1)NC(C)C(C)C.I. The minimum Gasteiger partial charge on any atom is -0.357 e. The van der Waals surface area contributed by atoms with Crippen molar-refractivity contribution in [2.24, 2.45) is 16.8 Å². The van der Waals surface area contributed by atoms with Crippen molar-refractivity contribution in [3.8, 4) is 0 Å². The first-order valence-electron chi connectivity index (χ1n) is 9.66. The fourth-order valence-corrected chi connectivity index (χ4v) is 3.56. The smallest absolute Gasteiger partial charge is 0.191 e. The Balaban J connectivity index is 0.00000338. The molecule has 0 radical (unpaired) electrons. The number of aryl methyl sites for hydroxylation is 1. The Labute approximate surface area is 180 Å². The summed E-state index contributed by atoms with van der Waals surface area (Å²) < 4.78 is 0. The third-order valence-corrected chi connectivity index (χ3v) is 5.80. The average molecular weight is 494 g/mol. The van der Waals surface area contributed by atoms with Gasteiger partial charge in [0.1, 0.15) is 0 Å². The summed E-state index contributed by atoms with van der Waals surface area (Å²) in [6.45, 7) is 16.0. The van der Waals surface area contributed by atoms with E-state index in [2.05, 4.69) is 60.5 Å². The molecule has 26 heavy (non-hydrogen) atoms.